The van der Waals surface area contributed by atoms with Gasteiger partial charge in [0.15, 0.2) is 0 Å². The van der Waals surface area contributed by atoms with Gasteiger partial charge in [0, 0.05) is 0 Å². The predicted octanol–water partition coefficient (Wildman–Crippen LogP) is 3.26. The van der Waals surface area contributed by atoms with E-state index in [-0.39, 0.29) is 12.6 Å². The first-order valence-electron chi connectivity index (χ1n) is 8.53. The lowest BCUT2D eigenvalue weighted by atomic mass is 10.0. The highest BCUT2D eigenvalue weighted by Crippen LogP contribution is 2.14. The van der Waals surface area contributed by atoms with Gasteiger partial charge in [0.05, 0.1) is 5.56 Å². The van der Waals surface area contributed by atoms with E-state index in [2.05, 4.69) is 0 Å². The Labute approximate surface area is 154 Å². The monoisotopic (exact) mass is 355 g/mol. The standard InChI is InChI=1S/C21H25NO4/c1-21(2,3)26-19(23)17-11-9-15(10-12-17)13-18(22)20(24)25-14-16-7-5-4-6-8-16/h4-12,18H,13-14,22H2,1-3H3. The van der Waals surface area contributed by atoms with Crippen molar-refractivity contribution in [1.29, 1.82) is 0 Å². The summed E-state index contributed by atoms with van der Waals surface area (Å²) in [5.41, 5.74) is 7.61. The molecule has 2 rings (SSSR count). The van der Waals surface area contributed by atoms with Crippen LogP contribution in [-0.4, -0.2) is 23.6 Å². The number of ether oxygens (including phenoxy) is 2. The summed E-state index contributed by atoms with van der Waals surface area (Å²) in [5, 5.41) is 0. The average Bonchev–Trinajstić information content (AvgIpc) is 2.59. The van der Waals surface area contributed by atoms with Crippen LogP contribution in [0.1, 0.15) is 42.3 Å². The van der Waals surface area contributed by atoms with Gasteiger partial charge in [-0.2, -0.15) is 0 Å². The molecule has 0 saturated carbocycles. The summed E-state index contributed by atoms with van der Waals surface area (Å²) in [7, 11) is 0. The quantitative estimate of drug-likeness (QED) is 0.805. The highest BCUT2D eigenvalue weighted by molar-refractivity contribution is 5.89. The van der Waals surface area contributed by atoms with Crippen LogP contribution in [0.2, 0.25) is 0 Å². The Bertz CT molecular complexity index is 733. The van der Waals surface area contributed by atoms with E-state index in [1.807, 2.05) is 51.1 Å². The normalized spacial score (nSPS) is 12.3. The maximum absolute atomic E-state index is 12.0. The Morgan fingerprint density at radius 1 is 0.962 bits per heavy atom. The van der Waals surface area contributed by atoms with Gasteiger partial charge in [-0.05, 0) is 50.5 Å². The van der Waals surface area contributed by atoms with Gasteiger partial charge in [-0.25, -0.2) is 4.79 Å². The average molecular weight is 355 g/mol. The van der Waals surface area contributed by atoms with Crippen molar-refractivity contribution in [2.45, 2.75) is 45.4 Å². The summed E-state index contributed by atoms with van der Waals surface area (Å²) >= 11 is 0. The lowest BCUT2D eigenvalue weighted by molar-refractivity contribution is -0.146. The van der Waals surface area contributed by atoms with E-state index >= 15 is 0 Å². The van der Waals surface area contributed by atoms with Crippen molar-refractivity contribution in [3.63, 3.8) is 0 Å². The number of carbonyl (C=O) groups is 2. The maximum atomic E-state index is 12.0. The summed E-state index contributed by atoms with van der Waals surface area (Å²) in [6.45, 7) is 5.66. The zero-order valence-corrected chi connectivity index (χ0v) is 15.4. The largest absolute Gasteiger partial charge is 0.460 e. The molecule has 0 saturated heterocycles. The lowest BCUT2D eigenvalue weighted by Crippen LogP contribution is -2.34. The molecule has 1 atom stereocenters. The minimum Gasteiger partial charge on any atom is -0.460 e. The topological polar surface area (TPSA) is 78.6 Å². The minimum absolute atomic E-state index is 0.199. The Kier molecular flexibility index (Phi) is 6.52. The van der Waals surface area contributed by atoms with Crippen molar-refractivity contribution in [3.8, 4) is 0 Å². The van der Waals surface area contributed by atoms with Crippen molar-refractivity contribution in [3.05, 3.63) is 71.3 Å². The number of hydrogen-bond acceptors (Lipinski definition) is 5. The van der Waals surface area contributed by atoms with Gasteiger partial charge in [0.2, 0.25) is 0 Å². The molecular weight excluding hydrogens is 330 g/mol. The van der Waals surface area contributed by atoms with E-state index in [0.717, 1.165) is 11.1 Å². The van der Waals surface area contributed by atoms with Crippen molar-refractivity contribution in [2.75, 3.05) is 0 Å². The fraction of sp³-hybridized carbons (Fsp3) is 0.333. The first-order valence-corrected chi connectivity index (χ1v) is 8.53. The van der Waals surface area contributed by atoms with Gasteiger partial charge in [0.1, 0.15) is 18.2 Å². The number of rotatable bonds is 6. The molecule has 138 valence electrons. The predicted molar refractivity (Wildman–Crippen MR) is 99.5 cm³/mol. The lowest BCUT2D eigenvalue weighted by Gasteiger charge is -2.19. The first kappa shape index (κ1) is 19.7. The Morgan fingerprint density at radius 3 is 2.15 bits per heavy atom. The van der Waals surface area contributed by atoms with E-state index < -0.39 is 17.6 Å². The Hall–Kier alpha value is -2.66. The smallest absolute Gasteiger partial charge is 0.338 e. The number of esters is 2. The van der Waals surface area contributed by atoms with Gasteiger partial charge >= 0.3 is 11.9 Å². The van der Waals surface area contributed by atoms with Crippen LogP contribution >= 0.6 is 0 Å². The third kappa shape index (κ3) is 6.33. The highest BCUT2D eigenvalue weighted by atomic mass is 16.6. The van der Waals surface area contributed by atoms with E-state index in [1.165, 1.54) is 0 Å². The number of nitrogens with two attached hydrogens (primary N) is 1. The summed E-state index contributed by atoms with van der Waals surface area (Å²) in [5.74, 6) is -0.833. The second kappa shape index (κ2) is 8.63. The molecule has 0 spiro atoms. The molecule has 0 amide bonds. The van der Waals surface area contributed by atoms with Crippen LogP contribution in [0.4, 0.5) is 0 Å². The molecule has 0 aliphatic carbocycles. The molecule has 2 aromatic carbocycles. The molecule has 1 unspecified atom stereocenters. The zero-order valence-electron chi connectivity index (χ0n) is 15.4. The van der Waals surface area contributed by atoms with Gasteiger partial charge in [-0.3, -0.25) is 4.79 Å². The second-order valence-corrected chi connectivity index (χ2v) is 7.10. The molecular formula is C21H25NO4. The van der Waals surface area contributed by atoms with E-state index in [4.69, 9.17) is 15.2 Å². The molecule has 0 aromatic heterocycles. The van der Waals surface area contributed by atoms with Crippen molar-refractivity contribution in [1.82, 2.24) is 0 Å². The molecule has 5 heteroatoms. The molecule has 0 aliphatic rings. The van der Waals surface area contributed by atoms with E-state index in [0.29, 0.717) is 12.0 Å². The third-order valence-corrected chi connectivity index (χ3v) is 3.57. The van der Waals surface area contributed by atoms with Crippen LogP contribution in [0.5, 0.6) is 0 Å². The molecule has 0 heterocycles. The molecule has 26 heavy (non-hydrogen) atoms. The van der Waals surface area contributed by atoms with Gasteiger partial charge < -0.3 is 15.2 Å². The second-order valence-electron chi connectivity index (χ2n) is 7.10. The maximum Gasteiger partial charge on any atom is 0.338 e. The fourth-order valence-corrected chi connectivity index (χ4v) is 2.29. The van der Waals surface area contributed by atoms with Crippen LogP contribution in [-0.2, 0) is 27.3 Å². The molecule has 0 radical (unpaired) electrons. The molecule has 2 N–H and O–H groups in total. The summed E-state index contributed by atoms with van der Waals surface area (Å²) in [6.07, 6.45) is 0.336. The van der Waals surface area contributed by atoms with Gasteiger partial charge in [-0.15, -0.1) is 0 Å². The van der Waals surface area contributed by atoms with Crippen LogP contribution in [0, 0.1) is 0 Å². The molecule has 5 nitrogen and oxygen atoms in total. The molecule has 0 aliphatic heterocycles. The van der Waals surface area contributed by atoms with E-state index in [1.54, 1.807) is 24.3 Å². The first-order chi connectivity index (χ1) is 12.2. The fourth-order valence-electron chi connectivity index (χ4n) is 2.29. The SMILES string of the molecule is CC(C)(C)OC(=O)c1ccc(CC(N)C(=O)OCc2ccccc2)cc1. The summed E-state index contributed by atoms with van der Waals surface area (Å²) in [4.78, 5) is 24.0. The van der Waals surface area contributed by atoms with Crippen molar-refractivity contribution < 1.29 is 19.1 Å². The van der Waals surface area contributed by atoms with Crippen LogP contribution in [0.25, 0.3) is 0 Å². The Balaban J connectivity index is 1.87. The number of hydrogen-bond donors (Lipinski definition) is 1. The zero-order chi connectivity index (χ0) is 19.2. The highest BCUT2D eigenvalue weighted by Gasteiger charge is 2.19. The Morgan fingerprint density at radius 2 is 1.58 bits per heavy atom. The van der Waals surface area contributed by atoms with Crippen LogP contribution < -0.4 is 5.73 Å². The minimum atomic E-state index is -0.758. The number of benzene rings is 2. The van der Waals surface area contributed by atoms with Crippen LogP contribution in [0.3, 0.4) is 0 Å². The van der Waals surface area contributed by atoms with Crippen molar-refractivity contribution >= 4 is 11.9 Å². The molecule has 0 fully saturated rings. The third-order valence-electron chi connectivity index (χ3n) is 3.57. The summed E-state index contributed by atoms with van der Waals surface area (Å²) in [6, 6.07) is 15.6. The summed E-state index contributed by atoms with van der Waals surface area (Å²) < 4.78 is 10.6. The van der Waals surface area contributed by atoms with Crippen LogP contribution in [0.15, 0.2) is 54.6 Å². The van der Waals surface area contributed by atoms with Gasteiger partial charge in [0.25, 0.3) is 0 Å². The van der Waals surface area contributed by atoms with Gasteiger partial charge in [-0.1, -0.05) is 42.5 Å². The molecule has 2 aromatic rings. The number of carbonyl (C=O) groups excluding carboxylic acids is 2. The molecule has 0 bridgehead atoms. The van der Waals surface area contributed by atoms with Crippen molar-refractivity contribution in [2.24, 2.45) is 5.73 Å². The van der Waals surface area contributed by atoms with E-state index in [9.17, 15) is 9.59 Å².